The maximum absolute atomic E-state index is 6.21. The van der Waals surface area contributed by atoms with Gasteiger partial charge < -0.3 is 9.32 Å². The zero-order valence-corrected chi connectivity index (χ0v) is 19.8. The molecular weight excluding hydrogens is 421 g/mol. The maximum atomic E-state index is 6.21. The Morgan fingerprint density at radius 1 is 1.12 bits per heavy atom. The Labute approximate surface area is 186 Å². The zero-order valence-electron chi connectivity index (χ0n) is 16.2. The van der Waals surface area contributed by atoms with Crippen LogP contribution in [0.2, 0.25) is 5.02 Å². The van der Waals surface area contributed by atoms with E-state index in [1.807, 2.05) is 24.3 Å². The second kappa shape index (κ2) is 8.41. The summed E-state index contributed by atoms with van der Waals surface area (Å²) in [6.45, 7) is 10.6. The minimum Gasteiger partial charge on any atom is -0.441 e. The van der Waals surface area contributed by atoms with Crippen molar-refractivity contribution in [2.24, 2.45) is 0 Å². The fraction of sp³-hybridized carbons (Fsp3) is 0.381. The number of hydrogen-bond acceptors (Lipinski definition) is 2. The molecule has 2 aromatic rings. The van der Waals surface area contributed by atoms with Crippen molar-refractivity contribution in [3.05, 3.63) is 52.8 Å². The number of halogens is 1. The van der Waals surface area contributed by atoms with Crippen LogP contribution in [0, 0.1) is 0 Å². The topological polar surface area (TPSA) is 19.4 Å². The molecule has 1 aliphatic rings. The van der Waals surface area contributed by atoms with Crippen molar-refractivity contribution in [1.82, 2.24) is 0 Å². The van der Waals surface area contributed by atoms with E-state index in [4.69, 9.17) is 16.0 Å². The number of furan rings is 1. The predicted octanol–water partition coefficient (Wildman–Crippen LogP) is 5.50. The van der Waals surface area contributed by atoms with E-state index < -0.39 is 0 Å². The molecule has 0 fully saturated rings. The van der Waals surface area contributed by atoms with Crippen LogP contribution >= 0.6 is 11.6 Å². The molecule has 2 heterocycles. The molecule has 0 amide bonds. The smallest absolute Gasteiger partial charge is 0.209 e. The minimum absolute atomic E-state index is 0. The second-order valence-corrected chi connectivity index (χ2v) is 7.35. The number of benzene rings is 1. The van der Waals surface area contributed by atoms with Crippen LogP contribution in [0.5, 0.6) is 0 Å². The molecule has 5 heteroatoms. The Balaban J connectivity index is 0.00000243. The van der Waals surface area contributed by atoms with Crippen LogP contribution in [0.4, 0.5) is 11.6 Å². The van der Waals surface area contributed by atoms with E-state index in [-0.39, 0.29) is 38.1 Å². The van der Waals surface area contributed by atoms with Crippen LogP contribution in [0.15, 0.2) is 40.8 Å². The van der Waals surface area contributed by atoms with Gasteiger partial charge in [-0.3, -0.25) is 0 Å². The fourth-order valence-corrected chi connectivity index (χ4v) is 3.78. The molecule has 3 nitrogen and oxygen atoms in total. The monoisotopic (exact) mass is 446 g/mol. The summed E-state index contributed by atoms with van der Waals surface area (Å²) in [5, 5.41) is 0.778. The SMILES string of the molecule is CCN(CC)c1ccc(C=CC2=[N+](C)c3ccc(Cl)cc3C2(C)C)o1.[Y]. The summed E-state index contributed by atoms with van der Waals surface area (Å²) in [6, 6.07) is 10.2. The molecule has 1 radical (unpaired) electrons. The Morgan fingerprint density at radius 3 is 2.46 bits per heavy atom. The second-order valence-electron chi connectivity index (χ2n) is 6.91. The van der Waals surface area contributed by atoms with Crippen molar-refractivity contribution in [2.75, 3.05) is 25.0 Å². The quantitative estimate of drug-likeness (QED) is 0.565. The van der Waals surface area contributed by atoms with Crippen molar-refractivity contribution < 1.29 is 41.7 Å². The van der Waals surface area contributed by atoms with Gasteiger partial charge in [0.1, 0.15) is 12.8 Å². The van der Waals surface area contributed by atoms with Gasteiger partial charge in [-0.2, -0.15) is 4.58 Å². The third kappa shape index (κ3) is 3.86. The number of allylic oxidation sites excluding steroid dienone is 1. The number of fused-ring (bicyclic) bond motifs is 1. The van der Waals surface area contributed by atoms with Gasteiger partial charge in [-0.05, 0) is 52.0 Å². The normalized spacial score (nSPS) is 15.3. The van der Waals surface area contributed by atoms with Crippen molar-refractivity contribution in [1.29, 1.82) is 0 Å². The number of anilines is 1. The zero-order chi connectivity index (χ0) is 18.2. The summed E-state index contributed by atoms with van der Waals surface area (Å²) < 4.78 is 8.21. The molecule has 0 aliphatic carbocycles. The molecule has 0 saturated carbocycles. The fourth-order valence-electron chi connectivity index (χ4n) is 3.61. The van der Waals surface area contributed by atoms with Crippen LogP contribution in [0.1, 0.15) is 39.0 Å². The Morgan fingerprint density at radius 2 is 1.81 bits per heavy atom. The average Bonchev–Trinajstić information content (AvgIpc) is 3.10. The van der Waals surface area contributed by atoms with Gasteiger partial charge in [-0.25, -0.2) is 0 Å². The third-order valence-corrected chi connectivity index (χ3v) is 5.32. The number of nitrogens with zero attached hydrogens (tertiary/aromatic N) is 2. The van der Waals surface area contributed by atoms with Gasteiger partial charge >= 0.3 is 0 Å². The molecule has 135 valence electrons. The van der Waals surface area contributed by atoms with Crippen molar-refractivity contribution in [3.63, 3.8) is 0 Å². The first kappa shape index (κ1) is 21.4. The van der Waals surface area contributed by atoms with Gasteiger partial charge in [0.15, 0.2) is 11.6 Å². The van der Waals surface area contributed by atoms with E-state index in [1.165, 1.54) is 17.0 Å². The van der Waals surface area contributed by atoms with Gasteiger partial charge in [0.05, 0.1) is 5.41 Å². The Hall–Kier alpha value is -0.896. The summed E-state index contributed by atoms with van der Waals surface area (Å²) in [7, 11) is 2.10. The van der Waals surface area contributed by atoms with E-state index in [2.05, 4.69) is 62.4 Å². The van der Waals surface area contributed by atoms with Gasteiger partial charge in [0.25, 0.3) is 0 Å². The summed E-state index contributed by atoms with van der Waals surface area (Å²) in [4.78, 5) is 2.20. The predicted molar refractivity (Wildman–Crippen MR) is 107 cm³/mol. The Kier molecular flexibility index (Phi) is 6.93. The van der Waals surface area contributed by atoms with Gasteiger partial charge in [-0.15, -0.1) is 0 Å². The molecule has 0 bridgehead atoms. The summed E-state index contributed by atoms with van der Waals surface area (Å²) in [5.41, 5.74) is 3.59. The van der Waals surface area contributed by atoms with Gasteiger partial charge in [-0.1, -0.05) is 11.6 Å². The van der Waals surface area contributed by atoms with Crippen LogP contribution in [0.25, 0.3) is 6.08 Å². The maximum Gasteiger partial charge on any atom is 0.209 e. The first-order chi connectivity index (χ1) is 11.9. The molecular formula is C21H26ClN2OY+. The molecule has 3 rings (SSSR count). The molecule has 1 aliphatic heterocycles. The van der Waals surface area contributed by atoms with Crippen molar-refractivity contribution in [3.8, 4) is 0 Å². The van der Waals surface area contributed by atoms with E-state index >= 15 is 0 Å². The molecule has 0 unspecified atom stereocenters. The molecule has 1 aromatic heterocycles. The summed E-state index contributed by atoms with van der Waals surface area (Å²) >= 11 is 6.21. The van der Waals surface area contributed by atoms with E-state index in [0.29, 0.717) is 0 Å². The van der Waals surface area contributed by atoms with Crippen LogP contribution in [0.3, 0.4) is 0 Å². The molecule has 0 atom stereocenters. The minimum atomic E-state index is -0.0974. The molecule has 1 aromatic carbocycles. The van der Waals surface area contributed by atoms with E-state index in [1.54, 1.807) is 0 Å². The standard InChI is InChI=1S/C21H26ClN2O.Y/c1-6-24(7-2)20-13-10-16(25-20)9-12-19-21(3,4)17-14-15(22)8-11-18(17)23(19)5;/h8-14H,6-7H2,1-5H3;/q+1;. The van der Waals surface area contributed by atoms with E-state index in [0.717, 1.165) is 29.8 Å². The van der Waals surface area contributed by atoms with Crippen LogP contribution < -0.4 is 4.90 Å². The summed E-state index contributed by atoms with van der Waals surface area (Å²) in [6.07, 6.45) is 4.20. The Bertz CT molecular complexity index is 847. The van der Waals surface area contributed by atoms with Crippen LogP contribution in [-0.2, 0) is 38.1 Å². The van der Waals surface area contributed by atoms with Gasteiger partial charge in [0.2, 0.25) is 5.69 Å². The molecule has 0 saturated heterocycles. The van der Waals surface area contributed by atoms with Crippen molar-refractivity contribution in [2.45, 2.75) is 33.1 Å². The van der Waals surface area contributed by atoms with E-state index in [9.17, 15) is 0 Å². The molecule has 26 heavy (non-hydrogen) atoms. The van der Waals surface area contributed by atoms with Crippen molar-refractivity contribution >= 4 is 35.0 Å². The molecule has 0 N–H and O–H groups in total. The number of hydrogen-bond donors (Lipinski definition) is 0. The average molecular weight is 447 g/mol. The first-order valence-electron chi connectivity index (χ1n) is 8.82. The summed E-state index contributed by atoms with van der Waals surface area (Å²) in [5.74, 6) is 1.79. The first-order valence-corrected chi connectivity index (χ1v) is 9.20. The van der Waals surface area contributed by atoms with Crippen LogP contribution in [-0.4, -0.2) is 30.4 Å². The third-order valence-electron chi connectivity index (χ3n) is 5.09. The largest absolute Gasteiger partial charge is 0.441 e. The van der Waals surface area contributed by atoms with Gasteiger partial charge in [0, 0.05) is 74.6 Å². The number of rotatable bonds is 5. The molecule has 0 spiro atoms.